The molecule has 1 N–H and O–H groups in total. The second-order valence-electron chi connectivity index (χ2n) is 6.26. The van der Waals surface area contributed by atoms with Gasteiger partial charge in [-0.2, -0.15) is 0 Å². The minimum Gasteiger partial charge on any atom is -0.360 e. The number of rotatable bonds is 5. The van der Waals surface area contributed by atoms with Crippen LogP contribution in [0.2, 0.25) is 0 Å². The summed E-state index contributed by atoms with van der Waals surface area (Å²) in [4.78, 5) is 12.3. The number of aromatic nitrogens is 4. The van der Waals surface area contributed by atoms with Crippen LogP contribution in [0.3, 0.4) is 0 Å². The van der Waals surface area contributed by atoms with Gasteiger partial charge in [-0.1, -0.05) is 36.2 Å². The van der Waals surface area contributed by atoms with E-state index in [-0.39, 0.29) is 11.2 Å². The molecule has 1 atom stereocenters. The van der Waals surface area contributed by atoms with Crippen molar-refractivity contribution in [3.63, 3.8) is 0 Å². The van der Waals surface area contributed by atoms with Crippen LogP contribution in [0.5, 0.6) is 0 Å². The van der Waals surface area contributed by atoms with Crippen molar-refractivity contribution in [3.05, 3.63) is 17.7 Å². The van der Waals surface area contributed by atoms with Crippen LogP contribution in [0, 0.1) is 13.8 Å². The SMILES string of the molecule is Cc1cc(NC(=O)C(C)Sc2nnc(C)n2C2CCCCC2)no1. The Bertz CT molecular complexity index is 705. The van der Waals surface area contributed by atoms with Crippen LogP contribution in [0.15, 0.2) is 15.7 Å². The quantitative estimate of drug-likeness (QED) is 0.831. The lowest BCUT2D eigenvalue weighted by atomic mass is 9.95. The number of nitrogens with zero attached hydrogens (tertiary/aromatic N) is 4. The zero-order valence-electron chi connectivity index (χ0n) is 14.3. The number of nitrogens with one attached hydrogen (secondary N) is 1. The van der Waals surface area contributed by atoms with Crippen molar-refractivity contribution in [3.8, 4) is 0 Å². The lowest BCUT2D eigenvalue weighted by Crippen LogP contribution is -2.23. The minimum atomic E-state index is -0.298. The molecule has 0 spiro atoms. The van der Waals surface area contributed by atoms with Crippen LogP contribution in [0.4, 0.5) is 5.82 Å². The Balaban J connectivity index is 1.67. The summed E-state index contributed by atoms with van der Waals surface area (Å²) >= 11 is 1.44. The first-order valence-electron chi connectivity index (χ1n) is 8.37. The maximum Gasteiger partial charge on any atom is 0.238 e. The van der Waals surface area contributed by atoms with Gasteiger partial charge in [0.15, 0.2) is 11.0 Å². The number of hydrogen-bond donors (Lipinski definition) is 1. The van der Waals surface area contributed by atoms with Gasteiger partial charge >= 0.3 is 0 Å². The highest BCUT2D eigenvalue weighted by atomic mass is 32.2. The summed E-state index contributed by atoms with van der Waals surface area (Å²) in [6, 6.07) is 2.15. The Morgan fingerprint density at radius 3 is 2.75 bits per heavy atom. The van der Waals surface area contributed by atoms with E-state index in [0.717, 1.165) is 23.8 Å². The summed E-state index contributed by atoms with van der Waals surface area (Å²) in [5, 5.41) is 15.6. The van der Waals surface area contributed by atoms with Crippen LogP contribution in [-0.2, 0) is 4.79 Å². The molecule has 3 rings (SSSR count). The van der Waals surface area contributed by atoms with Crippen molar-refractivity contribution < 1.29 is 9.32 Å². The fourth-order valence-corrected chi connectivity index (χ4v) is 4.02. The van der Waals surface area contributed by atoms with Crippen molar-refractivity contribution in [2.24, 2.45) is 0 Å². The topological polar surface area (TPSA) is 85.8 Å². The molecule has 1 aliphatic carbocycles. The smallest absolute Gasteiger partial charge is 0.238 e. The Hall–Kier alpha value is -1.83. The van der Waals surface area contributed by atoms with E-state index >= 15 is 0 Å². The minimum absolute atomic E-state index is 0.121. The fraction of sp³-hybridized carbons (Fsp3) is 0.625. The molecule has 1 amide bonds. The van der Waals surface area contributed by atoms with E-state index in [1.165, 1.54) is 31.0 Å². The van der Waals surface area contributed by atoms with E-state index in [1.807, 2.05) is 13.8 Å². The largest absolute Gasteiger partial charge is 0.360 e. The lowest BCUT2D eigenvalue weighted by Gasteiger charge is -2.25. The van der Waals surface area contributed by atoms with E-state index in [9.17, 15) is 4.79 Å². The Kier molecular flexibility index (Phi) is 5.23. The molecule has 1 unspecified atom stereocenters. The number of carbonyl (C=O) groups excluding carboxylic acids is 1. The zero-order valence-corrected chi connectivity index (χ0v) is 15.1. The maximum absolute atomic E-state index is 12.3. The summed E-state index contributed by atoms with van der Waals surface area (Å²) in [6.07, 6.45) is 6.11. The van der Waals surface area contributed by atoms with Gasteiger partial charge in [-0.15, -0.1) is 10.2 Å². The van der Waals surface area contributed by atoms with E-state index in [1.54, 1.807) is 13.0 Å². The highest BCUT2D eigenvalue weighted by Gasteiger charge is 2.24. The molecule has 1 aliphatic rings. The lowest BCUT2D eigenvalue weighted by molar-refractivity contribution is -0.115. The normalized spacial score (nSPS) is 17.0. The van der Waals surface area contributed by atoms with Crippen molar-refractivity contribution in [1.82, 2.24) is 19.9 Å². The molecule has 0 aliphatic heterocycles. The molecule has 1 saturated carbocycles. The predicted octanol–water partition coefficient (Wildman–Crippen LogP) is 3.51. The van der Waals surface area contributed by atoms with E-state index in [0.29, 0.717) is 17.6 Å². The second kappa shape index (κ2) is 7.38. The van der Waals surface area contributed by atoms with Crippen molar-refractivity contribution in [2.45, 2.75) is 69.3 Å². The monoisotopic (exact) mass is 349 g/mol. The van der Waals surface area contributed by atoms with Crippen LogP contribution in [0.1, 0.15) is 56.7 Å². The highest BCUT2D eigenvalue weighted by Crippen LogP contribution is 2.33. The van der Waals surface area contributed by atoms with Crippen LogP contribution in [0.25, 0.3) is 0 Å². The first-order valence-corrected chi connectivity index (χ1v) is 9.25. The number of thioether (sulfide) groups is 1. The van der Waals surface area contributed by atoms with E-state index in [4.69, 9.17) is 4.52 Å². The number of hydrogen-bond acceptors (Lipinski definition) is 6. The van der Waals surface area contributed by atoms with Gasteiger partial charge in [0.05, 0.1) is 5.25 Å². The maximum atomic E-state index is 12.3. The third-order valence-corrected chi connectivity index (χ3v) is 5.36. The van der Waals surface area contributed by atoms with Gasteiger partial charge in [-0.3, -0.25) is 4.79 Å². The molecule has 0 aromatic carbocycles. The predicted molar refractivity (Wildman–Crippen MR) is 92.1 cm³/mol. The average molecular weight is 349 g/mol. The Morgan fingerprint density at radius 1 is 1.33 bits per heavy atom. The van der Waals surface area contributed by atoms with Crippen molar-refractivity contribution in [2.75, 3.05) is 5.32 Å². The average Bonchev–Trinajstić information content (AvgIpc) is 3.14. The fourth-order valence-electron chi connectivity index (χ4n) is 3.05. The first-order chi connectivity index (χ1) is 11.5. The second-order valence-corrected chi connectivity index (χ2v) is 7.57. The van der Waals surface area contributed by atoms with Crippen molar-refractivity contribution in [1.29, 1.82) is 0 Å². The molecule has 130 valence electrons. The highest BCUT2D eigenvalue weighted by molar-refractivity contribution is 8.00. The van der Waals surface area contributed by atoms with Gasteiger partial charge in [0.2, 0.25) is 5.91 Å². The van der Waals surface area contributed by atoms with Crippen LogP contribution in [-0.4, -0.2) is 31.1 Å². The molecule has 0 radical (unpaired) electrons. The van der Waals surface area contributed by atoms with E-state index < -0.39 is 0 Å². The number of anilines is 1. The molecular formula is C16H23N5O2S. The van der Waals surface area contributed by atoms with Gasteiger partial charge in [0, 0.05) is 12.1 Å². The zero-order chi connectivity index (χ0) is 17.1. The van der Waals surface area contributed by atoms with Gasteiger partial charge in [-0.05, 0) is 33.6 Å². The van der Waals surface area contributed by atoms with Gasteiger partial charge < -0.3 is 14.4 Å². The van der Waals surface area contributed by atoms with Gasteiger partial charge in [-0.25, -0.2) is 0 Å². The number of amides is 1. The molecule has 1 fully saturated rings. The number of aryl methyl sites for hydroxylation is 2. The van der Waals surface area contributed by atoms with E-state index in [2.05, 4.69) is 25.2 Å². The summed E-state index contributed by atoms with van der Waals surface area (Å²) in [7, 11) is 0. The molecule has 2 aromatic rings. The standard InChI is InChI=1S/C16H23N5O2S/c1-10-9-14(20-23-10)17-15(22)11(2)24-16-19-18-12(3)21(16)13-7-5-4-6-8-13/h9,11,13H,4-8H2,1-3H3,(H,17,20,22). The molecule has 2 aromatic heterocycles. The first kappa shape index (κ1) is 17.0. The summed E-state index contributed by atoms with van der Waals surface area (Å²) < 4.78 is 7.17. The molecule has 2 heterocycles. The third kappa shape index (κ3) is 3.80. The molecule has 8 heteroatoms. The number of carbonyl (C=O) groups is 1. The Morgan fingerprint density at radius 2 is 2.08 bits per heavy atom. The van der Waals surface area contributed by atoms with Crippen LogP contribution >= 0.6 is 11.8 Å². The molecule has 24 heavy (non-hydrogen) atoms. The summed E-state index contributed by atoms with van der Waals surface area (Å²) in [5.41, 5.74) is 0. The molecule has 0 bridgehead atoms. The molecule has 0 saturated heterocycles. The van der Waals surface area contributed by atoms with Gasteiger partial charge in [0.1, 0.15) is 11.6 Å². The van der Waals surface area contributed by atoms with Crippen LogP contribution < -0.4 is 5.32 Å². The summed E-state index contributed by atoms with van der Waals surface area (Å²) in [6.45, 7) is 5.63. The van der Waals surface area contributed by atoms with Crippen molar-refractivity contribution >= 4 is 23.5 Å². The molecular weight excluding hydrogens is 326 g/mol. The summed E-state index contributed by atoms with van der Waals surface area (Å²) in [5.74, 6) is 1.90. The molecule has 7 nitrogen and oxygen atoms in total. The Labute approximate surface area is 145 Å². The third-order valence-electron chi connectivity index (χ3n) is 4.31. The van der Waals surface area contributed by atoms with Gasteiger partial charge in [0.25, 0.3) is 0 Å².